The predicted octanol–water partition coefficient (Wildman–Crippen LogP) is 1.67. The molecule has 0 bridgehead atoms. The van der Waals surface area contributed by atoms with Crippen LogP contribution in [0.1, 0.15) is 34.6 Å². The van der Waals surface area contributed by atoms with Crippen molar-refractivity contribution < 1.29 is 23.1 Å². The fraction of sp³-hybridized carbons (Fsp3) is 0.385. The van der Waals surface area contributed by atoms with E-state index in [0.717, 1.165) is 16.1 Å². The fourth-order valence-electron chi connectivity index (χ4n) is 2.17. The Bertz CT molecular complexity index is 699. The zero-order valence-corrected chi connectivity index (χ0v) is 13.2. The number of carbonyl (C=O) groups is 2. The van der Waals surface area contributed by atoms with Crippen molar-refractivity contribution in [3.05, 3.63) is 29.3 Å². The number of nitrogens with zero attached hydrogens (tertiary/aromatic N) is 1. The lowest BCUT2D eigenvalue weighted by Crippen LogP contribution is -2.39. The average Bonchev–Trinajstić information content (AvgIpc) is 2.63. The molecule has 6 nitrogen and oxygen atoms in total. The van der Waals surface area contributed by atoms with Gasteiger partial charge in [-0.15, -0.1) is 0 Å². The van der Waals surface area contributed by atoms with E-state index in [4.69, 9.17) is 5.11 Å². The summed E-state index contributed by atoms with van der Waals surface area (Å²) >= 11 is 1.54. The van der Waals surface area contributed by atoms with Crippen LogP contribution in [0.4, 0.5) is 0 Å². The number of benzene rings is 1. The van der Waals surface area contributed by atoms with E-state index >= 15 is 0 Å². The standard InChI is InChI=1S/C13H15NO5S2/c1-3-20-7-8(2)14-12(15)10-5-4-9(13(16)17)6-11(10)21(14,18)19/h4-6,8H,3,7H2,1-2H3,(H,16,17). The number of hydrogen-bond donors (Lipinski definition) is 1. The summed E-state index contributed by atoms with van der Waals surface area (Å²) in [5.74, 6) is -0.497. The van der Waals surface area contributed by atoms with E-state index in [1.807, 2.05) is 6.92 Å². The maximum absolute atomic E-state index is 12.5. The summed E-state index contributed by atoms with van der Waals surface area (Å²) in [6.07, 6.45) is 0. The van der Waals surface area contributed by atoms with Gasteiger partial charge < -0.3 is 5.11 Å². The van der Waals surface area contributed by atoms with Crippen molar-refractivity contribution in [2.45, 2.75) is 24.8 Å². The van der Waals surface area contributed by atoms with Gasteiger partial charge in [-0.1, -0.05) is 6.92 Å². The van der Waals surface area contributed by atoms with Crippen LogP contribution >= 0.6 is 11.8 Å². The lowest BCUT2D eigenvalue weighted by molar-refractivity contribution is 0.0695. The summed E-state index contributed by atoms with van der Waals surface area (Å²) < 4.78 is 25.8. The van der Waals surface area contributed by atoms with Crippen LogP contribution in [0.15, 0.2) is 23.1 Å². The maximum atomic E-state index is 12.5. The van der Waals surface area contributed by atoms with Crippen molar-refractivity contribution in [1.82, 2.24) is 4.31 Å². The Morgan fingerprint density at radius 3 is 2.67 bits per heavy atom. The average molecular weight is 329 g/mol. The predicted molar refractivity (Wildman–Crippen MR) is 79.2 cm³/mol. The number of carbonyl (C=O) groups excluding carboxylic acids is 1. The van der Waals surface area contributed by atoms with E-state index in [2.05, 4.69) is 0 Å². The topological polar surface area (TPSA) is 91.8 Å². The van der Waals surface area contributed by atoms with E-state index < -0.39 is 27.9 Å². The zero-order chi connectivity index (χ0) is 15.8. The second-order valence-electron chi connectivity index (χ2n) is 4.63. The number of carboxylic acid groups (broad SMARTS) is 1. The first-order valence-electron chi connectivity index (χ1n) is 6.34. The molecule has 0 aromatic heterocycles. The highest BCUT2D eigenvalue weighted by molar-refractivity contribution is 7.99. The Hall–Kier alpha value is -1.54. The summed E-state index contributed by atoms with van der Waals surface area (Å²) in [4.78, 5) is 23.0. The van der Waals surface area contributed by atoms with Gasteiger partial charge in [0, 0.05) is 5.75 Å². The van der Waals surface area contributed by atoms with Gasteiger partial charge in [-0.05, 0) is 30.9 Å². The summed E-state index contributed by atoms with van der Waals surface area (Å²) in [6, 6.07) is 3.07. The van der Waals surface area contributed by atoms with E-state index in [0.29, 0.717) is 5.75 Å². The largest absolute Gasteiger partial charge is 0.478 e. The van der Waals surface area contributed by atoms with Gasteiger partial charge in [0.05, 0.1) is 17.2 Å². The first-order valence-corrected chi connectivity index (χ1v) is 8.94. The number of sulfonamides is 1. The van der Waals surface area contributed by atoms with Crippen LogP contribution < -0.4 is 0 Å². The molecule has 1 aromatic rings. The van der Waals surface area contributed by atoms with Crippen LogP contribution in [0, 0.1) is 0 Å². The minimum Gasteiger partial charge on any atom is -0.478 e. The minimum absolute atomic E-state index is 0.0355. The van der Waals surface area contributed by atoms with Gasteiger partial charge in [0.15, 0.2) is 0 Å². The van der Waals surface area contributed by atoms with E-state index in [1.54, 1.807) is 18.7 Å². The van der Waals surface area contributed by atoms with Crippen molar-refractivity contribution in [2.75, 3.05) is 11.5 Å². The minimum atomic E-state index is -3.97. The van der Waals surface area contributed by atoms with Gasteiger partial charge in [0.1, 0.15) is 4.90 Å². The van der Waals surface area contributed by atoms with Gasteiger partial charge in [0.2, 0.25) is 0 Å². The summed E-state index contributed by atoms with van der Waals surface area (Å²) in [7, 11) is -3.97. The number of rotatable bonds is 5. The molecule has 1 aliphatic heterocycles. The summed E-state index contributed by atoms with van der Waals surface area (Å²) in [6.45, 7) is 3.62. The maximum Gasteiger partial charge on any atom is 0.335 e. The van der Waals surface area contributed by atoms with Crippen molar-refractivity contribution in [1.29, 1.82) is 0 Å². The number of amides is 1. The Kier molecular flexibility index (Phi) is 4.29. The number of carboxylic acids is 1. The first-order chi connectivity index (χ1) is 9.80. The first kappa shape index (κ1) is 15.8. The van der Waals surface area contributed by atoms with E-state index in [-0.39, 0.29) is 16.0 Å². The highest BCUT2D eigenvalue weighted by atomic mass is 32.2. The molecule has 1 atom stereocenters. The van der Waals surface area contributed by atoms with Crippen LogP contribution in [0.2, 0.25) is 0 Å². The Balaban J connectivity index is 2.47. The molecule has 0 saturated carbocycles. The molecule has 1 aliphatic rings. The molecular weight excluding hydrogens is 314 g/mol. The fourth-order valence-corrected chi connectivity index (χ4v) is 4.78. The molecule has 1 amide bonds. The molecule has 0 radical (unpaired) electrons. The highest BCUT2D eigenvalue weighted by Crippen LogP contribution is 2.33. The third-order valence-corrected chi connectivity index (χ3v) is 6.22. The van der Waals surface area contributed by atoms with Crippen molar-refractivity contribution in [3.8, 4) is 0 Å². The van der Waals surface area contributed by atoms with Gasteiger partial charge >= 0.3 is 5.97 Å². The van der Waals surface area contributed by atoms with Crippen molar-refractivity contribution >= 4 is 33.7 Å². The molecule has 0 aliphatic carbocycles. The number of fused-ring (bicyclic) bond motifs is 1. The molecule has 1 heterocycles. The molecule has 1 aromatic carbocycles. The van der Waals surface area contributed by atoms with Crippen LogP contribution in [-0.2, 0) is 10.0 Å². The molecule has 2 rings (SSSR count). The van der Waals surface area contributed by atoms with Crippen molar-refractivity contribution in [3.63, 3.8) is 0 Å². The number of aromatic carboxylic acids is 1. The van der Waals surface area contributed by atoms with E-state index in [9.17, 15) is 18.0 Å². The Labute approximate surface area is 127 Å². The van der Waals surface area contributed by atoms with Gasteiger partial charge in [-0.3, -0.25) is 4.79 Å². The molecule has 1 N–H and O–H groups in total. The van der Waals surface area contributed by atoms with Crippen LogP contribution in [-0.4, -0.2) is 47.3 Å². The lowest BCUT2D eigenvalue weighted by atomic mass is 10.1. The van der Waals surface area contributed by atoms with Gasteiger partial charge in [-0.25, -0.2) is 17.5 Å². The Morgan fingerprint density at radius 2 is 2.10 bits per heavy atom. The molecule has 0 saturated heterocycles. The Morgan fingerprint density at radius 1 is 1.43 bits per heavy atom. The molecule has 0 fully saturated rings. The summed E-state index contributed by atoms with van der Waals surface area (Å²) in [5, 5.41) is 8.95. The SMILES string of the molecule is CCSCC(C)N1C(=O)c2ccc(C(=O)O)cc2S1(=O)=O. The van der Waals surface area contributed by atoms with Crippen LogP contribution in [0.25, 0.3) is 0 Å². The second-order valence-corrected chi connectivity index (χ2v) is 7.73. The molecule has 1 unspecified atom stereocenters. The third kappa shape index (κ3) is 2.65. The third-order valence-electron chi connectivity index (χ3n) is 3.16. The monoisotopic (exact) mass is 329 g/mol. The summed E-state index contributed by atoms with van der Waals surface area (Å²) in [5.41, 5.74) is -0.115. The zero-order valence-electron chi connectivity index (χ0n) is 11.6. The number of hydrogen-bond acceptors (Lipinski definition) is 5. The molecular formula is C13H15NO5S2. The van der Waals surface area contributed by atoms with Gasteiger partial charge in [0.25, 0.3) is 15.9 Å². The molecule has 21 heavy (non-hydrogen) atoms. The van der Waals surface area contributed by atoms with Crippen LogP contribution in [0.3, 0.4) is 0 Å². The lowest BCUT2D eigenvalue weighted by Gasteiger charge is -2.22. The number of thioether (sulfide) groups is 1. The van der Waals surface area contributed by atoms with Crippen molar-refractivity contribution in [2.24, 2.45) is 0 Å². The second kappa shape index (κ2) is 5.69. The normalized spacial score (nSPS) is 17.6. The highest BCUT2D eigenvalue weighted by Gasteiger charge is 2.43. The molecule has 0 spiro atoms. The smallest absolute Gasteiger partial charge is 0.335 e. The molecule has 8 heteroatoms. The van der Waals surface area contributed by atoms with E-state index in [1.165, 1.54) is 12.1 Å². The van der Waals surface area contributed by atoms with Crippen LogP contribution in [0.5, 0.6) is 0 Å². The van der Waals surface area contributed by atoms with Gasteiger partial charge in [-0.2, -0.15) is 11.8 Å². The quantitative estimate of drug-likeness (QED) is 0.883. The molecule has 114 valence electrons.